The minimum absolute atomic E-state index is 0.328. The van der Waals surface area contributed by atoms with Gasteiger partial charge in [-0.25, -0.2) is 0 Å². The van der Waals surface area contributed by atoms with E-state index in [2.05, 4.69) is 5.10 Å². The number of benzene rings is 1. The molecule has 0 spiro atoms. The van der Waals surface area contributed by atoms with E-state index < -0.39 is 0 Å². The van der Waals surface area contributed by atoms with Crippen LogP contribution in [0, 0.1) is 0 Å². The van der Waals surface area contributed by atoms with Crippen LogP contribution in [-0.4, -0.2) is 5.10 Å². The first kappa shape index (κ1) is 9.73. The number of hydrogen-bond donors (Lipinski definition) is 2. The lowest BCUT2D eigenvalue weighted by molar-refractivity contribution is -0.645. The summed E-state index contributed by atoms with van der Waals surface area (Å²) in [7, 11) is 0. The van der Waals surface area contributed by atoms with Crippen molar-refractivity contribution in [3.05, 3.63) is 41.6 Å². The maximum absolute atomic E-state index is 5.92. The minimum atomic E-state index is 0.328. The Labute approximate surface area is 92.1 Å². The van der Waals surface area contributed by atoms with Crippen molar-refractivity contribution in [3.63, 3.8) is 0 Å². The Bertz CT molecular complexity index is 484. The Morgan fingerprint density at radius 1 is 1.13 bits per heavy atom. The Balaban J connectivity index is 2.60. The summed E-state index contributed by atoms with van der Waals surface area (Å²) in [4.78, 5) is 0. The average molecular weight is 222 g/mol. The van der Waals surface area contributed by atoms with Crippen molar-refractivity contribution in [2.75, 3.05) is 11.5 Å². The van der Waals surface area contributed by atoms with Gasteiger partial charge in [0.05, 0.1) is 11.9 Å². The standard InChI is InChI=1S/C10H9ClN4/c11-9-8(12)6-14-15(10(9)13)7-4-2-1-3-5-7/h1-6H,(H3,12,13)/p+1. The normalized spacial score (nSPS) is 10.2. The van der Waals surface area contributed by atoms with Crippen LogP contribution in [0.15, 0.2) is 36.5 Å². The number of rotatable bonds is 1. The SMILES string of the molecule is Nc1cn[n+](-c2ccccc2)c(N)c1Cl. The quantitative estimate of drug-likeness (QED) is 0.711. The summed E-state index contributed by atoms with van der Waals surface area (Å²) in [5.41, 5.74) is 12.6. The highest BCUT2D eigenvalue weighted by molar-refractivity contribution is 6.34. The Morgan fingerprint density at radius 2 is 1.80 bits per heavy atom. The van der Waals surface area contributed by atoms with Gasteiger partial charge in [0.2, 0.25) is 0 Å². The fourth-order valence-corrected chi connectivity index (χ4v) is 1.38. The Hall–Kier alpha value is -1.81. The van der Waals surface area contributed by atoms with Gasteiger partial charge in [-0.2, -0.15) is 0 Å². The van der Waals surface area contributed by atoms with Gasteiger partial charge in [-0.3, -0.25) is 5.73 Å². The molecule has 4 N–H and O–H groups in total. The third-order valence-corrected chi connectivity index (χ3v) is 2.43. The van der Waals surface area contributed by atoms with Crippen LogP contribution in [0.1, 0.15) is 0 Å². The highest BCUT2D eigenvalue weighted by Crippen LogP contribution is 2.21. The predicted molar refractivity (Wildman–Crippen MR) is 59.6 cm³/mol. The van der Waals surface area contributed by atoms with Crippen LogP contribution in [0.25, 0.3) is 5.69 Å². The number of nitrogens with two attached hydrogens (primary N) is 2. The average Bonchev–Trinajstić information content (AvgIpc) is 2.27. The van der Waals surface area contributed by atoms with Crippen molar-refractivity contribution in [1.29, 1.82) is 0 Å². The molecule has 0 aliphatic heterocycles. The summed E-state index contributed by atoms with van der Waals surface area (Å²) < 4.78 is 1.54. The van der Waals surface area contributed by atoms with Crippen molar-refractivity contribution in [2.24, 2.45) is 0 Å². The van der Waals surface area contributed by atoms with E-state index in [-0.39, 0.29) is 0 Å². The molecular formula is C10H10ClN4+. The van der Waals surface area contributed by atoms with Gasteiger partial charge in [-0.1, -0.05) is 39.6 Å². The third kappa shape index (κ3) is 1.71. The lowest BCUT2D eigenvalue weighted by Gasteiger charge is -2.02. The minimum Gasteiger partial charge on any atom is -0.396 e. The van der Waals surface area contributed by atoms with Crippen molar-refractivity contribution in [1.82, 2.24) is 5.10 Å². The molecule has 15 heavy (non-hydrogen) atoms. The van der Waals surface area contributed by atoms with E-state index in [0.717, 1.165) is 5.69 Å². The van der Waals surface area contributed by atoms with Crippen LogP contribution in [0.3, 0.4) is 0 Å². The molecule has 0 bridgehead atoms. The summed E-state index contributed by atoms with van der Waals surface area (Å²) in [6.45, 7) is 0. The molecule has 0 aliphatic rings. The highest BCUT2D eigenvalue weighted by Gasteiger charge is 2.15. The second-order valence-corrected chi connectivity index (χ2v) is 3.42. The smallest absolute Gasteiger partial charge is 0.319 e. The molecule has 5 heteroatoms. The molecule has 0 unspecified atom stereocenters. The zero-order valence-electron chi connectivity index (χ0n) is 7.89. The second kappa shape index (κ2) is 3.74. The van der Waals surface area contributed by atoms with Gasteiger partial charge in [0, 0.05) is 0 Å². The predicted octanol–water partition coefficient (Wildman–Crippen LogP) is 1.18. The topological polar surface area (TPSA) is 68.8 Å². The highest BCUT2D eigenvalue weighted by atomic mass is 35.5. The number of nitrogens with zero attached hydrogens (tertiary/aromatic N) is 2. The number of nitrogen functional groups attached to an aromatic ring is 2. The molecule has 0 saturated carbocycles. The summed E-state index contributed by atoms with van der Waals surface area (Å²) >= 11 is 5.92. The van der Waals surface area contributed by atoms with E-state index >= 15 is 0 Å². The van der Waals surface area contributed by atoms with Crippen LogP contribution >= 0.6 is 11.6 Å². The van der Waals surface area contributed by atoms with E-state index in [1.165, 1.54) is 6.20 Å². The van der Waals surface area contributed by atoms with Gasteiger partial charge in [0.15, 0.2) is 10.7 Å². The molecule has 0 fully saturated rings. The van der Waals surface area contributed by atoms with E-state index in [1.54, 1.807) is 4.68 Å². The van der Waals surface area contributed by atoms with Gasteiger partial charge in [0.1, 0.15) is 0 Å². The maximum atomic E-state index is 5.92. The first-order valence-electron chi connectivity index (χ1n) is 4.37. The van der Waals surface area contributed by atoms with Gasteiger partial charge in [0.25, 0.3) is 0 Å². The van der Waals surface area contributed by atoms with Gasteiger partial charge < -0.3 is 5.73 Å². The second-order valence-electron chi connectivity index (χ2n) is 3.05. The van der Waals surface area contributed by atoms with Crippen molar-refractivity contribution in [3.8, 4) is 5.69 Å². The first-order valence-corrected chi connectivity index (χ1v) is 4.75. The summed E-state index contributed by atoms with van der Waals surface area (Å²) in [5, 5.41) is 4.42. The monoisotopic (exact) mass is 221 g/mol. The van der Waals surface area contributed by atoms with E-state index in [9.17, 15) is 0 Å². The van der Waals surface area contributed by atoms with Crippen LogP contribution in [0.4, 0.5) is 11.5 Å². The molecule has 0 saturated heterocycles. The summed E-state index contributed by atoms with van der Waals surface area (Å²) in [6, 6.07) is 9.48. The number of halogens is 1. The molecule has 2 aromatic rings. The molecule has 2 rings (SSSR count). The summed E-state index contributed by atoms with van der Waals surface area (Å²) in [6.07, 6.45) is 1.48. The molecule has 0 radical (unpaired) electrons. The van der Waals surface area contributed by atoms with Crippen LogP contribution in [0.2, 0.25) is 5.02 Å². The van der Waals surface area contributed by atoms with Crippen molar-refractivity contribution < 1.29 is 4.68 Å². The fourth-order valence-electron chi connectivity index (χ4n) is 1.25. The van der Waals surface area contributed by atoms with E-state index in [4.69, 9.17) is 23.1 Å². The fraction of sp³-hybridized carbons (Fsp3) is 0. The molecule has 1 aromatic heterocycles. The largest absolute Gasteiger partial charge is 0.396 e. The van der Waals surface area contributed by atoms with Crippen LogP contribution in [-0.2, 0) is 0 Å². The molecule has 4 nitrogen and oxygen atoms in total. The zero-order chi connectivity index (χ0) is 10.8. The number of anilines is 2. The lowest BCUT2D eigenvalue weighted by atomic mass is 10.3. The van der Waals surface area contributed by atoms with Crippen molar-refractivity contribution >= 4 is 23.1 Å². The number of para-hydroxylation sites is 1. The van der Waals surface area contributed by atoms with Gasteiger partial charge in [-0.15, -0.1) is 0 Å². The van der Waals surface area contributed by atoms with E-state index in [1.807, 2.05) is 30.3 Å². The van der Waals surface area contributed by atoms with Gasteiger partial charge >= 0.3 is 5.82 Å². The lowest BCUT2D eigenvalue weighted by Crippen LogP contribution is -2.38. The first-order chi connectivity index (χ1) is 7.20. The van der Waals surface area contributed by atoms with Crippen LogP contribution < -0.4 is 16.1 Å². The van der Waals surface area contributed by atoms with E-state index in [0.29, 0.717) is 16.5 Å². The molecular weight excluding hydrogens is 212 g/mol. The molecule has 0 atom stereocenters. The maximum Gasteiger partial charge on any atom is 0.319 e. The molecule has 1 heterocycles. The van der Waals surface area contributed by atoms with Crippen LogP contribution in [0.5, 0.6) is 0 Å². The van der Waals surface area contributed by atoms with Crippen molar-refractivity contribution in [2.45, 2.75) is 0 Å². The molecule has 0 aliphatic carbocycles. The Morgan fingerprint density at radius 3 is 2.47 bits per heavy atom. The molecule has 76 valence electrons. The third-order valence-electron chi connectivity index (χ3n) is 2.02. The number of hydrogen-bond acceptors (Lipinski definition) is 3. The number of aromatic nitrogens is 2. The molecule has 0 amide bonds. The molecule has 1 aromatic carbocycles. The van der Waals surface area contributed by atoms with Gasteiger partial charge in [-0.05, 0) is 12.1 Å². The Kier molecular flexibility index (Phi) is 2.43. The zero-order valence-corrected chi connectivity index (χ0v) is 8.65. The summed E-state index contributed by atoms with van der Waals surface area (Å²) in [5.74, 6) is 0.336.